The number of hydrogen-bond donors (Lipinski definition) is 1. The Morgan fingerprint density at radius 3 is 2.42 bits per heavy atom. The van der Waals surface area contributed by atoms with Crippen molar-refractivity contribution in [1.29, 1.82) is 0 Å². The molecule has 0 saturated heterocycles. The minimum atomic E-state index is -1.55. The molecule has 2 aromatic rings. The SMILES string of the molecule is COC(=O)C(O)C(Sc1c(Cl)cccc1[N+](=O)[O-])c1ccc(OC)cc1. The number of thioether (sulfide) groups is 1. The number of methoxy groups -OCH3 is 2. The number of nitrogens with zero attached hydrogens (tertiary/aromatic N) is 1. The molecule has 0 amide bonds. The van der Waals surface area contributed by atoms with E-state index in [4.69, 9.17) is 16.3 Å². The first-order valence-electron chi connectivity index (χ1n) is 7.38. The van der Waals surface area contributed by atoms with E-state index in [0.29, 0.717) is 11.3 Å². The molecule has 2 rings (SSSR count). The molecule has 0 aliphatic carbocycles. The number of carbonyl (C=O) groups excluding carboxylic acids is 1. The Balaban J connectivity index is 2.48. The standard InChI is InChI=1S/C17H16ClNO6S/c1-24-11-8-6-10(7-9-11)15(14(20)17(21)25-2)26-16-12(18)4-3-5-13(16)19(22)23/h3-9,14-15,20H,1-2H3. The Bertz CT molecular complexity index is 798. The number of halogens is 1. The Kier molecular flexibility index (Phi) is 6.84. The molecule has 0 fully saturated rings. The van der Waals surface area contributed by atoms with Gasteiger partial charge in [-0.1, -0.05) is 29.8 Å². The molecular formula is C17H16ClNO6S. The van der Waals surface area contributed by atoms with Crippen LogP contribution in [0.2, 0.25) is 5.02 Å². The minimum Gasteiger partial charge on any atom is -0.497 e. The predicted molar refractivity (Wildman–Crippen MR) is 97.7 cm³/mol. The van der Waals surface area contributed by atoms with Crippen molar-refractivity contribution in [2.75, 3.05) is 14.2 Å². The summed E-state index contributed by atoms with van der Waals surface area (Å²) in [5.74, 6) is -0.262. The van der Waals surface area contributed by atoms with Crippen molar-refractivity contribution in [3.8, 4) is 5.75 Å². The van der Waals surface area contributed by atoms with E-state index in [1.165, 1.54) is 25.3 Å². The van der Waals surface area contributed by atoms with E-state index < -0.39 is 22.2 Å². The van der Waals surface area contributed by atoms with Crippen molar-refractivity contribution in [2.24, 2.45) is 0 Å². The number of aliphatic hydroxyl groups excluding tert-OH is 1. The average molecular weight is 398 g/mol. The van der Waals surface area contributed by atoms with Crippen LogP contribution in [0.5, 0.6) is 5.75 Å². The lowest BCUT2D eigenvalue weighted by Gasteiger charge is -2.22. The third-order valence-electron chi connectivity index (χ3n) is 3.56. The first kappa shape index (κ1) is 20.0. The molecule has 0 bridgehead atoms. The fraction of sp³-hybridized carbons (Fsp3) is 0.235. The van der Waals surface area contributed by atoms with Gasteiger partial charge in [-0.15, -0.1) is 11.8 Å². The zero-order chi connectivity index (χ0) is 19.3. The quantitative estimate of drug-likeness (QED) is 0.329. The molecule has 7 nitrogen and oxygen atoms in total. The Hall–Kier alpha value is -2.29. The van der Waals surface area contributed by atoms with E-state index in [-0.39, 0.29) is 15.6 Å². The number of hydrogen-bond acceptors (Lipinski definition) is 7. The number of benzene rings is 2. The molecule has 26 heavy (non-hydrogen) atoms. The lowest BCUT2D eigenvalue weighted by atomic mass is 10.1. The predicted octanol–water partition coefficient (Wildman–Crippen LogP) is 3.62. The van der Waals surface area contributed by atoms with Gasteiger partial charge in [0.1, 0.15) is 10.6 Å². The van der Waals surface area contributed by atoms with E-state index in [9.17, 15) is 20.0 Å². The second-order valence-corrected chi connectivity index (χ2v) is 6.68. The fourth-order valence-electron chi connectivity index (χ4n) is 2.24. The highest BCUT2D eigenvalue weighted by Crippen LogP contribution is 2.45. The lowest BCUT2D eigenvalue weighted by Crippen LogP contribution is -2.27. The van der Waals surface area contributed by atoms with E-state index in [1.807, 2.05) is 0 Å². The normalized spacial score (nSPS) is 12.9. The number of rotatable bonds is 7. The van der Waals surface area contributed by atoms with Crippen LogP contribution in [0.3, 0.4) is 0 Å². The molecule has 0 heterocycles. The Labute approximate surface area is 159 Å². The number of aliphatic hydroxyl groups is 1. The molecule has 0 aliphatic rings. The number of esters is 1. The van der Waals surface area contributed by atoms with Gasteiger partial charge in [-0.2, -0.15) is 0 Å². The number of nitro groups is 1. The second kappa shape index (κ2) is 8.88. The molecule has 138 valence electrons. The van der Waals surface area contributed by atoms with Gasteiger partial charge in [0, 0.05) is 6.07 Å². The van der Waals surface area contributed by atoms with E-state index >= 15 is 0 Å². The van der Waals surface area contributed by atoms with Gasteiger partial charge < -0.3 is 14.6 Å². The molecule has 0 radical (unpaired) electrons. The third kappa shape index (κ3) is 4.46. The first-order chi connectivity index (χ1) is 12.4. The summed E-state index contributed by atoms with van der Waals surface area (Å²) in [5.41, 5.74) is 0.348. The van der Waals surface area contributed by atoms with Crippen LogP contribution >= 0.6 is 23.4 Å². The van der Waals surface area contributed by atoms with Gasteiger partial charge in [0.25, 0.3) is 5.69 Å². The molecule has 9 heteroatoms. The molecular weight excluding hydrogens is 382 g/mol. The fourth-order valence-corrected chi connectivity index (χ4v) is 3.77. The summed E-state index contributed by atoms with van der Waals surface area (Å²) in [6.07, 6.45) is -1.55. The highest BCUT2D eigenvalue weighted by molar-refractivity contribution is 7.99. The second-order valence-electron chi connectivity index (χ2n) is 5.12. The van der Waals surface area contributed by atoms with Gasteiger partial charge in [0.05, 0.1) is 29.4 Å². The maximum Gasteiger partial charge on any atom is 0.336 e. The summed E-state index contributed by atoms with van der Waals surface area (Å²) >= 11 is 7.05. The highest BCUT2D eigenvalue weighted by atomic mass is 35.5. The smallest absolute Gasteiger partial charge is 0.336 e. The van der Waals surface area contributed by atoms with Crippen LogP contribution in [-0.2, 0) is 9.53 Å². The maximum atomic E-state index is 11.9. The van der Waals surface area contributed by atoms with Gasteiger partial charge in [0.2, 0.25) is 0 Å². The topological polar surface area (TPSA) is 98.9 Å². The number of carbonyl (C=O) groups is 1. The van der Waals surface area contributed by atoms with Crippen molar-refractivity contribution in [3.63, 3.8) is 0 Å². The monoisotopic (exact) mass is 397 g/mol. The van der Waals surface area contributed by atoms with Crippen LogP contribution < -0.4 is 4.74 Å². The van der Waals surface area contributed by atoms with Crippen LogP contribution in [0.25, 0.3) is 0 Å². The van der Waals surface area contributed by atoms with Crippen LogP contribution in [0.4, 0.5) is 5.69 Å². The third-order valence-corrected chi connectivity index (χ3v) is 5.44. The van der Waals surface area contributed by atoms with E-state index in [0.717, 1.165) is 18.9 Å². The van der Waals surface area contributed by atoms with E-state index in [1.54, 1.807) is 24.3 Å². The molecule has 2 atom stereocenters. The summed E-state index contributed by atoms with van der Waals surface area (Å²) in [6.45, 7) is 0. The minimum absolute atomic E-state index is 0.153. The molecule has 0 aromatic heterocycles. The van der Waals surface area contributed by atoms with Crippen LogP contribution in [-0.4, -0.2) is 36.3 Å². The van der Waals surface area contributed by atoms with Gasteiger partial charge in [-0.05, 0) is 23.8 Å². The lowest BCUT2D eigenvalue weighted by molar-refractivity contribution is -0.387. The molecule has 0 spiro atoms. The Morgan fingerprint density at radius 2 is 1.88 bits per heavy atom. The summed E-state index contributed by atoms with van der Waals surface area (Å²) in [7, 11) is 2.66. The zero-order valence-corrected chi connectivity index (χ0v) is 15.5. The molecule has 2 aromatic carbocycles. The zero-order valence-electron chi connectivity index (χ0n) is 13.9. The summed E-state index contributed by atoms with van der Waals surface area (Å²) in [5, 5.41) is 21.0. The summed E-state index contributed by atoms with van der Waals surface area (Å²) < 4.78 is 9.71. The number of ether oxygens (including phenoxy) is 2. The van der Waals surface area contributed by atoms with Gasteiger partial charge in [-0.25, -0.2) is 4.79 Å². The maximum absolute atomic E-state index is 11.9. The van der Waals surface area contributed by atoms with Crippen molar-refractivity contribution < 1.29 is 24.3 Å². The molecule has 2 unspecified atom stereocenters. The summed E-state index contributed by atoms with van der Waals surface area (Å²) in [4.78, 5) is 22.8. The van der Waals surface area contributed by atoms with Crippen molar-refractivity contribution in [3.05, 3.63) is 63.2 Å². The van der Waals surface area contributed by atoms with Crippen LogP contribution in [0.15, 0.2) is 47.4 Å². The first-order valence-corrected chi connectivity index (χ1v) is 8.64. The van der Waals surface area contributed by atoms with E-state index in [2.05, 4.69) is 4.74 Å². The molecule has 1 N–H and O–H groups in total. The Morgan fingerprint density at radius 1 is 1.23 bits per heavy atom. The van der Waals surface area contributed by atoms with Crippen LogP contribution in [0.1, 0.15) is 10.8 Å². The average Bonchev–Trinajstić information content (AvgIpc) is 2.65. The molecule has 0 aliphatic heterocycles. The van der Waals surface area contributed by atoms with Gasteiger partial charge >= 0.3 is 5.97 Å². The van der Waals surface area contributed by atoms with Crippen LogP contribution in [0, 0.1) is 10.1 Å². The number of nitro benzene ring substituents is 1. The van der Waals surface area contributed by atoms with Gasteiger partial charge in [-0.3, -0.25) is 10.1 Å². The highest BCUT2D eigenvalue weighted by Gasteiger charge is 2.32. The molecule has 0 saturated carbocycles. The van der Waals surface area contributed by atoms with Crippen molar-refractivity contribution >= 4 is 35.0 Å². The van der Waals surface area contributed by atoms with Crippen molar-refractivity contribution in [2.45, 2.75) is 16.2 Å². The van der Waals surface area contributed by atoms with Gasteiger partial charge in [0.15, 0.2) is 6.10 Å². The summed E-state index contributed by atoms with van der Waals surface area (Å²) in [6, 6.07) is 10.9. The largest absolute Gasteiger partial charge is 0.497 e. The van der Waals surface area contributed by atoms with Crippen molar-refractivity contribution in [1.82, 2.24) is 0 Å².